The molecule has 9 heteroatoms. The van der Waals surface area contributed by atoms with Gasteiger partial charge < -0.3 is 10.4 Å². The molecule has 2 aromatic rings. The lowest BCUT2D eigenvalue weighted by Gasteiger charge is -2.19. The summed E-state index contributed by atoms with van der Waals surface area (Å²) in [6.45, 7) is 11.7. The number of aliphatic hydroxyl groups excluding tert-OH is 1. The predicted octanol–water partition coefficient (Wildman–Crippen LogP) is 4.65. The Labute approximate surface area is 195 Å². The number of aromatic nitrogens is 3. The number of hydrogen-bond acceptors (Lipinski definition) is 9. The van der Waals surface area contributed by atoms with Crippen LogP contribution in [0.25, 0.3) is 10.6 Å². The quantitative estimate of drug-likeness (QED) is 0.369. The summed E-state index contributed by atoms with van der Waals surface area (Å²) in [6, 6.07) is 0.221. The van der Waals surface area contributed by atoms with Crippen molar-refractivity contribution in [2.75, 3.05) is 24.0 Å². The summed E-state index contributed by atoms with van der Waals surface area (Å²) >= 11 is 1.63. The Bertz CT molecular complexity index is 912. The number of allylic oxidation sites excluding steroid dienone is 1. The molecule has 0 saturated heterocycles. The van der Waals surface area contributed by atoms with Gasteiger partial charge in [-0.3, -0.25) is 10.2 Å². The summed E-state index contributed by atoms with van der Waals surface area (Å²) in [5.41, 5.74) is 2.68. The summed E-state index contributed by atoms with van der Waals surface area (Å²) in [5.74, 6) is 1.23. The van der Waals surface area contributed by atoms with Gasteiger partial charge in [0.2, 0.25) is 0 Å². The number of anilines is 2. The molecule has 1 saturated carbocycles. The molecule has 0 spiro atoms. The van der Waals surface area contributed by atoms with Gasteiger partial charge in [-0.1, -0.05) is 26.8 Å². The number of thiazole rings is 1. The molecule has 1 aliphatic rings. The lowest BCUT2D eigenvalue weighted by Crippen LogP contribution is -2.21. The standard InChI is InChI=1S/C21H30N6O2S.C2H6/c1-5-16-17(7-6-10-22-3)30-20(25-16)18-13(2)23-21(27(4)29)26-19(18)24-15-9-8-14(11-15)12-28;1-2/h6,10,14-15,28-29H,3,5,7-9,11-12H2,1-2,4H3,(H,23,24,26);1-2H3. The number of hydroxylamine groups is 1. The van der Waals surface area contributed by atoms with Crippen molar-refractivity contribution in [2.45, 2.75) is 65.8 Å². The van der Waals surface area contributed by atoms with Gasteiger partial charge in [-0.05, 0) is 45.2 Å². The number of rotatable bonds is 9. The van der Waals surface area contributed by atoms with Crippen LogP contribution in [0.15, 0.2) is 17.3 Å². The van der Waals surface area contributed by atoms with E-state index in [4.69, 9.17) is 4.98 Å². The number of aliphatic imine (C=N–C) groups is 1. The van der Waals surface area contributed by atoms with E-state index in [9.17, 15) is 10.3 Å². The molecule has 0 aromatic carbocycles. The van der Waals surface area contributed by atoms with Crippen molar-refractivity contribution < 1.29 is 10.3 Å². The maximum atomic E-state index is 9.89. The molecule has 2 aromatic heterocycles. The van der Waals surface area contributed by atoms with Crippen molar-refractivity contribution in [1.29, 1.82) is 0 Å². The van der Waals surface area contributed by atoms with Crippen molar-refractivity contribution in [2.24, 2.45) is 10.9 Å². The van der Waals surface area contributed by atoms with E-state index in [1.165, 1.54) is 11.9 Å². The number of nitrogens with one attached hydrogen (secondary N) is 1. The molecule has 2 atom stereocenters. The van der Waals surface area contributed by atoms with E-state index in [1.54, 1.807) is 17.5 Å². The molecule has 176 valence electrons. The van der Waals surface area contributed by atoms with Gasteiger partial charge in [0.05, 0.1) is 17.0 Å². The third-order valence-corrected chi connectivity index (χ3v) is 6.49. The summed E-state index contributed by atoms with van der Waals surface area (Å²) < 4.78 is 0. The predicted molar refractivity (Wildman–Crippen MR) is 133 cm³/mol. The summed E-state index contributed by atoms with van der Waals surface area (Å²) in [6.07, 6.45) is 8.12. The number of aliphatic hydroxyl groups is 1. The molecule has 2 unspecified atom stereocenters. The first kappa shape index (κ1) is 25.9. The van der Waals surface area contributed by atoms with Gasteiger partial charge in [0.15, 0.2) is 0 Å². The first-order chi connectivity index (χ1) is 15.5. The summed E-state index contributed by atoms with van der Waals surface area (Å²) in [7, 11) is 1.51. The minimum Gasteiger partial charge on any atom is -0.396 e. The van der Waals surface area contributed by atoms with Gasteiger partial charge in [0.1, 0.15) is 10.8 Å². The largest absolute Gasteiger partial charge is 0.396 e. The first-order valence-electron chi connectivity index (χ1n) is 11.2. The summed E-state index contributed by atoms with van der Waals surface area (Å²) in [4.78, 5) is 18.9. The molecule has 8 nitrogen and oxygen atoms in total. The molecule has 1 fully saturated rings. The van der Waals surface area contributed by atoms with Crippen molar-refractivity contribution in [1.82, 2.24) is 15.0 Å². The Kier molecular flexibility index (Phi) is 10.2. The van der Waals surface area contributed by atoms with Crippen LogP contribution in [0.4, 0.5) is 11.8 Å². The van der Waals surface area contributed by atoms with Crippen LogP contribution in [0.1, 0.15) is 56.3 Å². The average Bonchev–Trinajstić information content (AvgIpc) is 3.41. The maximum absolute atomic E-state index is 9.89. The summed E-state index contributed by atoms with van der Waals surface area (Å²) in [5, 5.41) is 24.7. The van der Waals surface area contributed by atoms with Crippen LogP contribution in [-0.4, -0.2) is 51.7 Å². The Morgan fingerprint density at radius 2 is 2.03 bits per heavy atom. The normalized spacial score (nSPS) is 17.8. The van der Waals surface area contributed by atoms with Crippen LogP contribution in [-0.2, 0) is 12.8 Å². The molecule has 3 N–H and O–H groups in total. The van der Waals surface area contributed by atoms with Gasteiger partial charge >= 0.3 is 0 Å². The Hall–Kier alpha value is -2.36. The van der Waals surface area contributed by atoms with Crippen molar-refractivity contribution in [3.8, 4) is 10.6 Å². The second-order valence-corrected chi connectivity index (χ2v) is 8.66. The third kappa shape index (κ3) is 6.34. The molecule has 32 heavy (non-hydrogen) atoms. The van der Waals surface area contributed by atoms with Gasteiger partial charge in [-0.2, -0.15) is 4.98 Å². The molecule has 0 aliphatic heterocycles. The zero-order chi connectivity index (χ0) is 23.7. The molecule has 1 aliphatic carbocycles. The highest BCUT2D eigenvalue weighted by Gasteiger charge is 2.27. The molecule has 0 bridgehead atoms. The highest BCUT2D eigenvalue weighted by atomic mass is 32.1. The zero-order valence-electron chi connectivity index (χ0n) is 19.8. The molecule has 3 rings (SSSR count). The van der Waals surface area contributed by atoms with Crippen LogP contribution in [0.3, 0.4) is 0 Å². The minimum atomic E-state index is 0.210. The van der Waals surface area contributed by atoms with E-state index in [0.29, 0.717) is 11.7 Å². The van der Waals surface area contributed by atoms with E-state index < -0.39 is 0 Å². The second-order valence-electron chi connectivity index (χ2n) is 7.57. The monoisotopic (exact) mass is 460 g/mol. The molecule has 0 radical (unpaired) electrons. The lowest BCUT2D eigenvalue weighted by molar-refractivity contribution is 0.229. The Morgan fingerprint density at radius 1 is 1.28 bits per heavy atom. The van der Waals surface area contributed by atoms with Crippen LogP contribution in [0.2, 0.25) is 0 Å². The fraction of sp³-hybridized carbons (Fsp3) is 0.565. The van der Waals surface area contributed by atoms with Gasteiger partial charge in [0.25, 0.3) is 5.95 Å². The van der Waals surface area contributed by atoms with E-state index in [-0.39, 0.29) is 18.6 Å². The SMILES string of the molecule is C=NC=CCc1sc(-c2c(C)nc(N(C)O)nc2NC2CCC(CO)C2)nc1CC.CC. The van der Waals surface area contributed by atoms with E-state index in [0.717, 1.165) is 59.1 Å². The second kappa shape index (κ2) is 12.6. The highest BCUT2D eigenvalue weighted by Crippen LogP contribution is 2.37. The van der Waals surface area contributed by atoms with Gasteiger partial charge in [0, 0.05) is 37.2 Å². The van der Waals surface area contributed by atoms with Gasteiger partial charge in [-0.25, -0.2) is 15.0 Å². The maximum Gasteiger partial charge on any atom is 0.251 e. The van der Waals surface area contributed by atoms with Crippen LogP contribution >= 0.6 is 11.3 Å². The number of aryl methyl sites for hydroxylation is 2. The highest BCUT2D eigenvalue weighted by molar-refractivity contribution is 7.15. The third-order valence-electron chi connectivity index (χ3n) is 5.35. The Morgan fingerprint density at radius 3 is 2.62 bits per heavy atom. The van der Waals surface area contributed by atoms with E-state index in [1.807, 2.05) is 26.8 Å². The molecular formula is C23H36N6O2S. The van der Waals surface area contributed by atoms with Crippen molar-refractivity contribution in [3.63, 3.8) is 0 Å². The van der Waals surface area contributed by atoms with Crippen LogP contribution < -0.4 is 10.4 Å². The Balaban J connectivity index is 0.00000176. The fourth-order valence-electron chi connectivity index (χ4n) is 3.79. The van der Waals surface area contributed by atoms with E-state index >= 15 is 0 Å². The number of hydrogen-bond donors (Lipinski definition) is 3. The first-order valence-corrected chi connectivity index (χ1v) is 12.1. The topological polar surface area (TPSA) is 107 Å². The number of nitrogens with zero attached hydrogens (tertiary/aromatic N) is 5. The minimum absolute atomic E-state index is 0.210. The van der Waals surface area contributed by atoms with Crippen molar-refractivity contribution in [3.05, 3.63) is 28.5 Å². The smallest absolute Gasteiger partial charge is 0.251 e. The average molecular weight is 461 g/mol. The molecule has 0 amide bonds. The van der Waals surface area contributed by atoms with Gasteiger partial charge in [-0.15, -0.1) is 11.3 Å². The van der Waals surface area contributed by atoms with Crippen molar-refractivity contribution >= 4 is 29.8 Å². The molecular weight excluding hydrogens is 424 g/mol. The fourth-order valence-corrected chi connectivity index (χ4v) is 5.01. The lowest BCUT2D eigenvalue weighted by atomic mass is 10.1. The van der Waals surface area contributed by atoms with Crippen LogP contribution in [0.5, 0.6) is 0 Å². The molecule has 2 heterocycles. The van der Waals surface area contributed by atoms with Crippen LogP contribution in [0, 0.1) is 12.8 Å². The van der Waals surface area contributed by atoms with E-state index in [2.05, 4.69) is 33.9 Å². The zero-order valence-corrected chi connectivity index (χ0v) is 20.6.